The van der Waals surface area contributed by atoms with E-state index >= 15 is 0 Å². The zero-order valence-electron chi connectivity index (χ0n) is 16.4. The Morgan fingerprint density at radius 1 is 0.906 bits per heavy atom. The van der Waals surface area contributed by atoms with E-state index in [1.165, 1.54) is 0 Å². The van der Waals surface area contributed by atoms with Crippen LogP contribution in [0.2, 0.25) is 0 Å². The number of nitrogens with zero attached hydrogens (tertiary/aromatic N) is 5. The van der Waals surface area contributed by atoms with Crippen LogP contribution in [0, 0.1) is 11.6 Å². The summed E-state index contributed by atoms with van der Waals surface area (Å²) in [6.45, 7) is 0. The minimum Gasteiger partial charge on any atom is -0.322 e. The molecule has 3 heterocycles. The molecule has 0 spiro atoms. The Hall–Kier alpha value is -4.53. The molecule has 0 fully saturated rings. The number of halogens is 2. The fourth-order valence-corrected chi connectivity index (χ4v) is 3.21. The number of hydrogen-bond acceptors (Lipinski definition) is 5. The van der Waals surface area contributed by atoms with Gasteiger partial charge in [-0.2, -0.15) is 9.61 Å². The van der Waals surface area contributed by atoms with Crippen molar-refractivity contribution in [1.82, 2.24) is 24.8 Å². The predicted octanol–water partition coefficient (Wildman–Crippen LogP) is 4.38. The second-order valence-corrected chi connectivity index (χ2v) is 6.91. The first-order valence-corrected chi connectivity index (χ1v) is 9.58. The van der Waals surface area contributed by atoms with Crippen LogP contribution in [0.25, 0.3) is 28.3 Å². The van der Waals surface area contributed by atoms with Gasteiger partial charge in [0.15, 0.2) is 11.5 Å². The van der Waals surface area contributed by atoms with Crippen molar-refractivity contribution >= 4 is 17.2 Å². The van der Waals surface area contributed by atoms with Crippen molar-refractivity contribution in [2.75, 3.05) is 5.32 Å². The number of pyridine rings is 1. The standard InChI is InChI=1S/C23H14F2N6O/c24-16-5-8-18(19(25)12-16)23(32)27-17-6-3-14(4-7-17)20-9-10-21-28-29-22(31(21)30-20)15-2-1-11-26-13-15/h1-13H,(H,27,32). The summed E-state index contributed by atoms with van der Waals surface area (Å²) < 4.78 is 28.5. The van der Waals surface area contributed by atoms with Crippen molar-refractivity contribution in [3.63, 3.8) is 0 Å². The van der Waals surface area contributed by atoms with Gasteiger partial charge in [-0.05, 0) is 48.5 Å². The number of hydrogen-bond donors (Lipinski definition) is 1. The maximum absolute atomic E-state index is 13.8. The van der Waals surface area contributed by atoms with Crippen LogP contribution in [0.1, 0.15) is 10.4 Å². The molecule has 3 aromatic heterocycles. The van der Waals surface area contributed by atoms with Gasteiger partial charge in [0.05, 0.1) is 11.3 Å². The number of fused-ring (bicyclic) bond motifs is 1. The number of rotatable bonds is 4. The molecule has 0 bridgehead atoms. The van der Waals surface area contributed by atoms with E-state index < -0.39 is 17.5 Å². The molecule has 0 saturated carbocycles. The molecule has 0 aliphatic rings. The average molecular weight is 428 g/mol. The lowest BCUT2D eigenvalue weighted by Crippen LogP contribution is -2.13. The third-order valence-electron chi connectivity index (χ3n) is 4.80. The van der Waals surface area contributed by atoms with E-state index in [0.717, 1.165) is 23.3 Å². The van der Waals surface area contributed by atoms with Gasteiger partial charge in [0.25, 0.3) is 5.91 Å². The summed E-state index contributed by atoms with van der Waals surface area (Å²) in [6, 6.07) is 17.0. The summed E-state index contributed by atoms with van der Waals surface area (Å²) in [4.78, 5) is 16.4. The van der Waals surface area contributed by atoms with Gasteiger partial charge in [-0.25, -0.2) is 8.78 Å². The molecule has 0 saturated heterocycles. The molecule has 0 aliphatic carbocycles. The van der Waals surface area contributed by atoms with Crippen molar-refractivity contribution < 1.29 is 13.6 Å². The second kappa shape index (κ2) is 7.95. The summed E-state index contributed by atoms with van der Waals surface area (Å²) >= 11 is 0. The Morgan fingerprint density at radius 2 is 1.75 bits per heavy atom. The molecular formula is C23H14F2N6O. The van der Waals surface area contributed by atoms with Crippen LogP contribution in [-0.2, 0) is 0 Å². The molecule has 156 valence electrons. The summed E-state index contributed by atoms with van der Waals surface area (Å²) in [5.41, 5.74) is 3.07. The molecular weight excluding hydrogens is 414 g/mol. The van der Waals surface area contributed by atoms with Gasteiger partial charge in [-0.3, -0.25) is 9.78 Å². The maximum Gasteiger partial charge on any atom is 0.258 e. The molecule has 32 heavy (non-hydrogen) atoms. The highest BCUT2D eigenvalue weighted by Crippen LogP contribution is 2.23. The molecule has 2 aromatic carbocycles. The lowest BCUT2D eigenvalue weighted by molar-refractivity contribution is 0.102. The Bertz CT molecular complexity index is 1430. The first kappa shape index (κ1) is 19.4. The SMILES string of the molecule is O=C(Nc1ccc(-c2ccc3nnc(-c4cccnc4)n3n2)cc1)c1ccc(F)cc1F. The van der Waals surface area contributed by atoms with Crippen molar-refractivity contribution in [3.8, 4) is 22.6 Å². The average Bonchev–Trinajstić information content (AvgIpc) is 3.23. The van der Waals surface area contributed by atoms with Crippen LogP contribution >= 0.6 is 0 Å². The first-order chi connectivity index (χ1) is 15.6. The smallest absolute Gasteiger partial charge is 0.258 e. The number of carbonyl (C=O) groups excluding carboxylic acids is 1. The molecule has 1 amide bonds. The van der Waals surface area contributed by atoms with Gasteiger partial charge in [-0.1, -0.05) is 12.1 Å². The highest BCUT2D eigenvalue weighted by Gasteiger charge is 2.14. The topological polar surface area (TPSA) is 85.1 Å². The molecule has 5 rings (SSSR count). The van der Waals surface area contributed by atoms with Crippen LogP contribution in [0.3, 0.4) is 0 Å². The Labute approximate surface area is 180 Å². The van der Waals surface area contributed by atoms with Gasteiger partial charge in [0.1, 0.15) is 11.6 Å². The van der Waals surface area contributed by atoms with Crippen molar-refractivity contribution in [2.45, 2.75) is 0 Å². The van der Waals surface area contributed by atoms with Crippen LogP contribution in [-0.4, -0.2) is 30.7 Å². The molecule has 7 nitrogen and oxygen atoms in total. The van der Waals surface area contributed by atoms with Crippen LogP contribution in [0.4, 0.5) is 14.5 Å². The number of benzene rings is 2. The number of carbonyl (C=O) groups is 1. The highest BCUT2D eigenvalue weighted by molar-refractivity contribution is 6.04. The van der Waals surface area contributed by atoms with E-state index in [4.69, 9.17) is 0 Å². The van der Waals surface area contributed by atoms with Crippen molar-refractivity contribution in [2.24, 2.45) is 0 Å². The van der Waals surface area contributed by atoms with E-state index in [1.54, 1.807) is 41.2 Å². The minimum absolute atomic E-state index is 0.238. The Balaban J connectivity index is 1.41. The zero-order valence-corrected chi connectivity index (χ0v) is 16.4. The van der Waals surface area contributed by atoms with E-state index in [-0.39, 0.29) is 5.56 Å². The summed E-state index contributed by atoms with van der Waals surface area (Å²) in [6.07, 6.45) is 3.36. The number of anilines is 1. The third-order valence-corrected chi connectivity index (χ3v) is 4.80. The zero-order chi connectivity index (χ0) is 22.1. The Morgan fingerprint density at radius 3 is 2.50 bits per heavy atom. The molecule has 9 heteroatoms. The van der Waals surface area contributed by atoms with Crippen LogP contribution < -0.4 is 5.32 Å². The summed E-state index contributed by atoms with van der Waals surface area (Å²) in [7, 11) is 0. The van der Waals surface area contributed by atoms with Gasteiger partial charge in [0.2, 0.25) is 0 Å². The molecule has 5 aromatic rings. The van der Waals surface area contributed by atoms with Crippen molar-refractivity contribution in [1.29, 1.82) is 0 Å². The molecule has 1 N–H and O–H groups in total. The van der Waals surface area contributed by atoms with E-state index in [0.29, 0.717) is 28.9 Å². The number of amides is 1. The van der Waals surface area contributed by atoms with Crippen LogP contribution in [0.5, 0.6) is 0 Å². The molecule has 0 atom stereocenters. The fourth-order valence-electron chi connectivity index (χ4n) is 3.21. The molecule has 0 unspecified atom stereocenters. The quantitative estimate of drug-likeness (QED) is 0.459. The number of nitrogens with one attached hydrogen (secondary N) is 1. The highest BCUT2D eigenvalue weighted by atomic mass is 19.1. The van der Waals surface area contributed by atoms with Gasteiger partial charge >= 0.3 is 0 Å². The largest absolute Gasteiger partial charge is 0.322 e. The van der Waals surface area contributed by atoms with E-state index in [9.17, 15) is 13.6 Å². The number of aromatic nitrogens is 5. The van der Waals surface area contributed by atoms with Gasteiger partial charge < -0.3 is 5.32 Å². The van der Waals surface area contributed by atoms with Gasteiger partial charge in [0, 0.05) is 35.3 Å². The second-order valence-electron chi connectivity index (χ2n) is 6.91. The maximum atomic E-state index is 13.8. The normalized spacial score (nSPS) is 10.9. The Kier molecular flexibility index (Phi) is 4.83. The fraction of sp³-hybridized carbons (Fsp3) is 0. The predicted molar refractivity (Wildman–Crippen MR) is 114 cm³/mol. The molecule has 0 aliphatic heterocycles. The summed E-state index contributed by atoms with van der Waals surface area (Å²) in [5.74, 6) is -1.76. The van der Waals surface area contributed by atoms with Crippen LogP contribution in [0.15, 0.2) is 79.1 Å². The monoisotopic (exact) mass is 428 g/mol. The summed E-state index contributed by atoms with van der Waals surface area (Å²) in [5, 5.41) is 15.6. The van der Waals surface area contributed by atoms with Gasteiger partial charge in [-0.15, -0.1) is 10.2 Å². The first-order valence-electron chi connectivity index (χ1n) is 9.58. The lowest BCUT2D eigenvalue weighted by atomic mass is 10.1. The minimum atomic E-state index is -0.921. The van der Waals surface area contributed by atoms with Crippen molar-refractivity contribution in [3.05, 3.63) is 96.3 Å². The third kappa shape index (κ3) is 3.67. The van der Waals surface area contributed by atoms with E-state index in [1.807, 2.05) is 24.3 Å². The lowest BCUT2D eigenvalue weighted by Gasteiger charge is -2.08. The molecule has 0 radical (unpaired) electrons. The van der Waals surface area contributed by atoms with E-state index in [2.05, 4.69) is 25.6 Å².